The second kappa shape index (κ2) is 18.9. The molecule has 0 radical (unpaired) electrons. The van der Waals surface area contributed by atoms with E-state index in [0.29, 0.717) is 39.0 Å². The second-order valence-electron chi connectivity index (χ2n) is 14.0. The van der Waals surface area contributed by atoms with Crippen molar-refractivity contribution < 1.29 is 51.1 Å². The van der Waals surface area contributed by atoms with Gasteiger partial charge >= 0.3 is 18.2 Å². The van der Waals surface area contributed by atoms with Crippen LogP contribution in [0, 0.1) is 5.82 Å². The van der Waals surface area contributed by atoms with E-state index in [1.807, 2.05) is 0 Å². The molecular formula is C37H45ClF4N11O6+. The molecule has 0 spiro atoms. The van der Waals surface area contributed by atoms with Crippen molar-refractivity contribution in [2.45, 2.75) is 19.0 Å². The number of carbonyl (C=O) groups is 4. The molecular weight excluding hydrogens is 806 g/mol. The Labute approximate surface area is 340 Å². The molecule has 1 fully saturated rings. The van der Waals surface area contributed by atoms with Crippen LogP contribution in [0.25, 0.3) is 16.9 Å². The smallest absolute Gasteiger partial charge is 0.435 e. The molecule has 3 heterocycles. The number of aromatic nitrogens is 4. The third-order valence-corrected chi connectivity index (χ3v) is 10.2. The van der Waals surface area contributed by atoms with Crippen molar-refractivity contribution in [3.63, 3.8) is 0 Å². The van der Waals surface area contributed by atoms with Gasteiger partial charge in [-0.15, -0.1) is 0 Å². The maximum Gasteiger partial charge on any atom is 0.435 e. The lowest BCUT2D eigenvalue weighted by atomic mass is 10.1. The number of anilines is 2. The van der Waals surface area contributed by atoms with Crippen LogP contribution in [-0.2, 0) is 22.8 Å². The van der Waals surface area contributed by atoms with E-state index in [-0.39, 0.29) is 89.5 Å². The molecule has 318 valence electrons. The number of rotatable bonds is 16. The van der Waals surface area contributed by atoms with Gasteiger partial charge < -0.3 is 51.2 Å². The van der Waals surface area contributed by atoms with Gasteiger partial charge in [0.15, 0.2) is 23.9 Å². The number of carboxylic acid groups (broad SMARTS) is 1. The lowest BCUT2D eigenvalue weighted by Crippen LogP contribution is -2.55. The normalized spacial score (nSPS) is 13.4. The van der Waals surface area contributed by atoms with E-state index in [4.69, 9.17) is 33.5 Å². The first-order valence-corrected chi connectivity index (χ1v) is 18.9. The third-order valence-electron chi connectivity index (χ3n) is 9.89. The molecule has 1 saturated heterocycles. The highest BCUT2D eigenvalue weighted by Gasteiger charge is 2.39. The Kier molecular flexibility index (Phi) is 14.2. The average Bonchev–Trinajstić information content (AvgIpc) is 3.80. The number of halogens is 5. The highest BCUT2D eigenvalue weighted by atomic mass is 35.5. The zero-order valence-electron chi connectivity index (χ0n) is 32.1. The largest absolute Gasteiger partial charge is 0.477 e. The fraction of sp³-hybridized carbons (Fsp3) is 0.405. The number of amides is 3. The molecule has 0 aliphatic carbocycles. The number of hydrogen-bond acceptors (Lipinski definition) is 10. The number of ether oxygens (including phenoxy) is 1. The zero-order chi connectivity index (χ0) is 43.1. The first kappa shape index (κ1) is 44.3. The first-order valence-electron chi connectivity index (χ1n) is 18.5. The van der Waals surface area contributed by atoms with Crippen LogP contribution >= 0.6 is 11.6 Å². The van der Waals surface area contributed by atoms with Crippen molar-refractivity contribution in [3.8, 4) is 16.9 Å². The Balaban J connectivity index is 1.19. The van der Waals surface area contributed by atoms with Crippen molar-refractivity contribution in [1.82, 2.24) is 29.1 Å². The van der Waals surface area contributed by atoms with E-state index in [0.717, 1.165) is 27.7 Å². The summed E-state index contributed by atoms with van der Waals surface area (Å²) in [5.74, 6) is -3.38. The summed E-state index contributed by atoms with van der Waals surface area (Å²) < 4.78 is 64.4. The molecule has 2 aromatic heterocycles. The number of carboxylic acids is 1. The lowest BCUT2D eigenvalue weighted by molar-refractivity contribution is -0.921. The summed E-state index contributed by atoms with van der Waals surface area (Å²) in [7, 11) is 1.33. The number of quaternary nitrogens is 1. The van der Waals surface area contributed by atoms with Gasteiger partial charge in [0, 0.05) is 63.6 Å². The monoisotopic (exact) mass is 850 g/mol. The molecule has 0 unspecified atom stereocenters. The van der Waals surface area contributed by atoms with Crippen LogP contribution in [0.15, 0.2) is 48.8 Å². The van der Waals surface area contributed by atoms with Crippen molar-refractivity contribution in [2.24, 2.45) is 18.5 Å². The summed E-state index contributed by atoms with van der Waals surface area (Å²) in [6.45, 7) is 2.56. The van der Waals surface area contributed by atoms with Crippen LogP contribution in [0.5, 0.6) is 0 Å². The fourth-order valence-corrected chi connectivity index (χ4v) is 7.08. The Hall–Kier alpha value is -5.77. The number of imidazole rings is 1. The SMILES string of the molecule is Cn1c(-c2cn(-c3ccc(N)cc3F)nc2C(F)(F)F)cnc1C(=O)Nc1ccc(C(=O)N2CCN(C(=O)OCC[N+](CCCN)(CCCN)CC(=O)O)CC2)c(Cl)c1. The van der Waals surface area contributed by atoms with Gasteiger partial charge in [-0.1, -0.05) is 11.6 Å². The zero-order valence-corrected chi connectivity index (χ0v) is 32.8. The molecule has 8 N–H and O–H groups in total. The van der Waals surface area contributed by atoms with Crippen molar-refractivity contribution in [3.05, 3.63) is 76.7 Å². The van der Waals surface area contributed by atoms with Gasteiger partial charge in [0.2, 0.25) is 0 Å². The van der Waals surface area contributed by atoms with Gasteiger partial charge in [-0.3, -0.25) is 9.59 Å². The third kappa shape index (κ3) is 10.7. The maximum absolute atomic E-state index is 14.6. The summed E-state index contributed by atoms with van der Waals surface area (Å²) in [5.41, 5.74) is 15.1. The van der Waals surface area contributed by atoms with Crippen LogP contribution in [0.3, 0.4) is 0 Å². The fourth-order valence-electron chi connectivity index (χ4n) is 6.82. The van der Waals surface area contributed by atoms with E-state index in [1.165, 1.54) is 47.2 Å². The van der Waals surface area contributed by atoms with Crippen molar-refractivity contribution >= 4 is 46.9 Å². The summed E-state index contributed by atoms with van der Waals surface area (Å²) in [4.78, 5) is 58.2. The standard InChI is InChI=1S/C37H44ClF4N11O6/c1-49-30(26-21-52(48-32(26)37(40,41)42)29-7-4-23(45)18-28(29)39)20-46-33(49)34(56)47-24-5-6-25(27(38)19-24)35(57)50-10-12-51(13-11-50)36(58)59-17-16-53(14-2-8-43,15-3-9-44)22-31(54)55/h4-7,18-21H,2-3,8-17,22,43-45H2,1H3,(H-,47,54,55,56,57)/p+1. The molecule has 59 heavy (non-hydrogen) atoms. The number of nitrogens with zero attached hydrogens (tertiary/aromatic N) is 7. The summed E-state index contributed by atoms with van der Waals surface area (Å²) in [6, 6.07) is 7.61. The Morgan fingerprint density at radius 3 is 2.24 bits per heavy atom. The molecule has 0 bridgehead atoms. The summed E-state index contributed by atoms with van der Waals surface area (Å²) in [6.07, 6.45) is -2.31. The predicted molar refractivity (Wildman–Crippen MR) is 208 cm³/mol. The Morgan fingerprint density at radius 1 is 0.983 bits per heavy atom. The summed E-state index contributed by atoms with van der Waals surface area (Å²) in [5, 5.41) is 15.7. The van der Waals surface area contributed by atoms with E-state index in [2.05, 4.69) is 15.4 Å². The molecule has 1 aliphatic rings. The van der Waals surface area contributed by atoms with Crippen LogP contribution in [0.1, 0.15) is 39.5 Å². The van der Waals surface area contributed by atoms with Gasteiger partial charge in [-0.05, 0) is 49.5 Å². The van der Waals surface area contributed by atoms with Crippen LogP contribution < -0.4 is 22.5 Å². The average molecular weight is 851 g/mol. The van der Waals surface area contributed by atoms with Crippen LogP contribution in [0.2, 0.25) is 5.02 Å². The first-order chi connectivity index (χ1) is 28.0. The maximum atomic E-state index is 14.6. The molecule has 22 heteroatoms. The van der Waals surface area contributed by atoms with E-state index in [9.17, 15) is 41.8 Å². The van der Waals surface area contributed by atoms with E-state index >= 15 is 0 Å². The molecule has 4 aromatic rings. The Morgan fingerprint density at radius 2 is 1.64 bits per heavy atom. The van der Waals surface area contributed by atoms with Gasteiger partial charge in [-0.25, -0.2) is 23.6 Å². The predicted octanol–water partition coefficient (Wildman–Crippen LogP) is 3.41. The number of nitrogen functional groups attached to an aromatic ring is 1. The highest BCUT2D eigenvalue weighted by molar-refractivity contribution is 6.34. The minimum absolute atomic E-state index is 0.000424. The number of carbonyl (C=O) groups excluding carboxylic acids is 3. The molecule has 17 nitrogen and oxygen atoms in total. The number of piperazine rings is 1. The highest BCUT2D eigenvalue weighted by Crippen LogP contribution is 2.37. The number of nitrogens with two attached hydrogens (primary N) is 3. The van der Waals surface area contributed by atoms with E-state index < -0.39 is 47.1 Å². The molecule has 3 amide bonds. The number of aliphatic carboxylic acids is 1. The number of nitrogens with one attached hydrogen (secondary N) is 1. The second-order valence-corrected chi connectivity index (χ2v) is 14.4. The number of benzene rings is 2. The minimum Gasteiger partial charge on any atom is -0.477 e. The van der Waals surface area contributed by atoms with Crippen LogP contribution in [0.4, 0.5) is 33.7 Å². The minimum atomic E-state index is -4.94. The van der Waals surface area contributed by atoms with Crippen molar-refractivity contribution in [2.75, 3.05) is 83.1 Å². The molecule has 0 atom stereocenters. The van der Waals surface area contributed by atoms with Gasteiger partial charge in [0.25, 0.3) is 11.8 Å². The van der Waals surface area contributed by atoms with Gasteiger partial charge in [-0.2, -0.15) is 18.3 Å². The van der Waals surface area contributed by atoms with Crippen molar-refractivity contribution in [1.29, 1.82) is 0 Å². The molecule has 5 rings (SSSR count). The summed E-state index contributed by atoms with van der Waals surface area (Å²) >= 11 is 6.48. The van der Waals surface area contributed by atoms with Gasteiger partial charge in [0.05, 0.1) is 41.1 Å². The van der Waals surface area contributed by atoms with E-state index in [1.54, 1.807) is 0 Å². The molecule has 2 aromatic carbocycles. The number of hydrogen-bond donors (Lipinski definition) is 5. The molecule has 0 saturated carbocycles. The van der Waals surface area contributed by atoms with Crippen LogP contribution in [-0.4, -0.2) is 135 Å². The lowest BCUT2D eigenvalue weighted by Gasteiger charge is -2.38. The van der Waals surface area contributed by atoms with Gasteiger partial charge in [0.1, 0.15) is 18.8 Å². The Bertz CT molecular complexity index is 2160. The topological polar surface area (TPSA) is 230 Å². The number of alkyl halides is 3. The molecule has 1 aliphatic heterocycles. The quantitative estimate of drug-likeness (QED) is 0.0623.